The van der Waals surface area contributed by atoms with Gasteiger partial charge in [-0.2, -0.15) is 0 Å². The lowest BCUT2D eigenvalue weighted by atomic mass is 10.0. The predicted molar refractivity (Wildman–Crippen MR) is 100 cm³/mol. The minimum Gasteiger partial charge on any atom is -0.496 e. The number of thiazole rings is 1. The molecule has 2 fully saturated rings. The average Bonchev–Trinajstić information content (AvgIpc) is 3.29. The van der Waals surface area contributed by atoms with Crippen LogP contribution < -0.4 is 9.47 Å². The molecule has 0 N–H and O–H groups in total. The lowest BCUT2D eigenvalue weighted by molar-refractivity contribution is 0.288. The van der Waals surface area contributed by atoms with Crippen LogP contribution in [0.15, 0.2) is 23.6 Å². The normalized spacial score (nSPS) is 23.0. The Hall–Kier alpha value is -1.59. The summed E-state index contributed by atoms with van der Waals surface area (Å²) in [5.41, 5.74) is 2.21. The van der Waals surface area contributed by atoms with Gasteiger partial charge in [-0.1, -0.05) is 6.42 Å². The molecule has 1 aliphatic heterocycles. The number of hydrogen-bond donors (Lipinski definition) is 0. The second-order valence-corrected chi connectivity index (χ2v) is 8.33. The molecule has 1 saturated carbocycles. The molecule has 0 unspecified atom stereocenters. The van der Waals surface area contributed by atoms with Crippen molar-refractivity contribution in [2.75, 3.05) is 20.2 Å². The van der Waals surface area contributed by atoms with Crippen LogP contribution in [0, 0.1) is 18.8 Å². The van der Waals surface area contributed by atoms with E-state index in [-0.39, 0.29) is 0 Å². The fourth-order valence-corrected chi connectivity index (χ4v) is 4.90. The van der Waals surface area contributed by atoms with Crippen molar-refractivity contribution < 1.29 is 9.47 Å². The molecular formula is C20H26N2O2S. The van der Waals surface area contributed by atoms with Gasteiger partial charge in [0.05, 0.1) is 17.8 Å². The molecule has 1 saturated heterocycles. The second kappa shape index (κ2) is 7.34. The fraction of sp³-hybridized carbons (Fsp3) is 0.550. The number of nitrogens with zero attached hydrogens (tertiary/aromatic N) is 2. The summed E-state index contributed by atoms with van der Waals surface area (Å²) in [7, 11) is 1.75. The van der Waals surface area contributed by atoms with E-state index in [9.17, 15) is 0 Å². The zero-order valence-corrected chi connectivity index (χ0v) is 15.8. The summed E-state index contributed by atoms with van der Waals surface area (Å²) in [5, 5.41) is 3.14. The smallest absolute Gasteiger partial charge is 0.131 e. The van der Waals surface area contributed by atoms with E-state index in [1.165, 1.54) is 37.9 Å². The first kappa shape index (κ1) is 16.9. The molecule has 2 heterocycles. The highest BCUT2D eigenvalue weighted by atomic mass is 32.1. The van der Waals surface area contributed by atoms with Gasteiger partial charge in [-0.05, 0) is 49.8 Å². The lowest BCUT2D eigenvalue weighted by Gasteiger charge is -2.19. The number of aryl methyl sites for hydroxylation is 1. The Morgan fingerprint density at radius 3 is 2.72 bits per heavy atom. The number of likely N-dealkylation sites (tertiary alicyclic amines) is 1. The predicted octanol–water partition coefficient (Wildman–Crippen LogP) is 4.27. The van der Waals surface area contributed by atoms with Gasteiger partial charge in [0.2, 0.25) is 0 Å². The van der Waals surface area contributed by atoms with Gasteiger partial charge in [-0.25, -0.2) is 4.98 Å². The summed E-state index contributed by atoms with van der Waals surface area (Å²) >= 11 is 1.66. The molecule has 0 amide bonds. The minimum atomic E-state index is 0.518. The molecule has 4 nitrogen and oxygen atoms in total. The third-order valence-electron chi connectivity index (χ3n) is 5.50. The molecule has 1 aliphatic carbocycles. The van der Waals surface area contributed by atoms with Crippen LogP contribution in [0.1, 0.15) is 35.5 Å². The molecule has 25 heavy (non-hydrogen) atoms. The first-order valence-corrected chi connectivity index (χ1v) is 10.0. The maximum Gasteiger partial charge on any atom is 0.131 e. The van der Waals surface area contributed by atoms with Gasteiger partial charge < -0.3 is 9.47 Å². The van der Waals surface area contributed by atoms with Crippen LogP contribution in [0.3, 0.4) is 0 Å². The van der Waals surface area contributed by atoms with Crippen molar-refractivity contribution in [3.8, 4) is 11.5 Å². The number of ether oxygens (including phenoxy) is 2. The highest BCUT2D eigenvalue weighted by molar-refractivity contribution is 7.09. The molecule has 5 heteroatoms. The number of methoxy groups -OCH3 is 1. The van der Waals surface area contributed by atoms with Gasteiger partial charge >= 0.3 is 0 Å². The number of fused-ring (bicyclic) bond motifs is 1. The maximum absolute atomic E-state index is 5.95. The number of rotatable bonds is 6. The summed E-state index contributed by atoms with van der Waals surface area (Å²) in [5.74, 6) is 3.67. The van der Waals surface area contributed by atoms with Gasteiger partial charge in [0, 0.05) is 30.6 Å². The molecule has 2 aliphatic rings. The molecule has 4 rings (SSSR count). The Morgan fingerprint density at radius 1 is 1.24 bits per heavy atom. The first-order valence-electron chi connectivity index (χ1n) is 9.14. The Balaban J connectivity index is 1.43. The van der Waals surface area contributed by atoms with E-state index < -0.39 is 0 Å². The third kappa shape index (κ3) is 3.82. The largest absolute Gasteiger partial charge is 0.496 e. The van der Waals surface area contributed by atoms with Crippen molar-refractivity contribution in [1.82, 2.24) is 9.88 Å². The molecule has 1 aromatic carbocycles. The Morgan fingerprint density at radius 2 is 2.04 bits per heavy atom. The summed E-state index contributed by atoms with van der Waals surface area (Å²) in [6.07, 6.45) is 4.24. The van der Waals surface area contributed by atoms with Crippen molar-refractivity contribution in [2.45, 2.75) is 39.3 Å². The standard InChI is InChI=1S/C20H26N2O2S/c1-14-21-18(13-25-14)12-24-19-6-7-20(23-2)17(8-19)11-22-9-15-4-3-5-16(15)10-22/h6-8,13,15-16H,3-5,9-12H2,1-2H3/t15-,16+. The quantitative estimate of drug-likeness (QED) is 0.772. The van der Waals surface area contributed by atoms with Gasteiger partial charge in [-0.15, -0.1) is 11.3 Å². The number of aromatic nitrogens is 1. The topological polar surface area (TPSA) is 34.6 Å². The molecule has 1 aromatic heterocycles. The first-order chi connectivity index (χ1) is 12.2. The van der Waals surface area contributed by atoms with E-state index in [2.05, 4.69) is 21.3 Å². The monoisotopic (exact) mass is 358 g/mol. The van der Waals surface area contributed by atoms with E-state index in [4.69, 9.17) is 9.47 Å². The number of hydrogen-bond acceptors (Lipinski definition) is 5. The average molecular weight is 359 g/mol. The number of benzene rings is 1. The lowest BCUT2D eigenvalue weighted by Crippen LogP contribution is -2.21. The van der Waals surface area contributed by atoms with Gasteiger partial charge in [0.25, 0.3) is 0 Å². The van der Waals surface area contributed by atoms with E-state index >= 15 is 0 Å². The van der Waals surface area contributed by atoms with Crippen LogP contribution in [-0.2, 0) is 13.2 Å². The van der Waals surface area contributed by atoms with Crippen molar-refractivity contribution in [3.63, 3.8) is 0 Å². The Bertz CT molecular complexity index is 718. The molecular weight excluding hydrogens is 332 g/mol. The molecule has 134 valence electrons. The summed E-state index contributed by atoms with van der Waals surface area (Å²) in [6.45, 7) is 5.95. The van der Waals surface area contributed by atoms with Gasteiger partial charge in [0.15, 0.2) is 0 Å². The van der Waals surface area contributed by atoms with Crippen molar-refractivity contribution >= 4 is 11.3 Å². The second-order valence-electron chi connectivity index (χ2n) is 7.27. The molecule has 2 aromatic rings. The van der Waals surface area contributed by atoms with Gasteiger partial charge in [-0.3, -0.25) is 4.90 Å². The highest BCUT2D eigenvalue weighted by Crippen LogP contribution is 2.39. The van der Waals surface area contributed by atoms with E-state index in [1.807, 2.05) is 19.1 Å². The van der Waals surface area contributed by atoms with Gasteiger partial charge in [0.1, 0.15) is 18.1 Å². The molecule has 0 spiro atoms. The van der Waals surface area contributed by atoms with Crippen LogP contribution in [0.2, 0.25) is 0 Å². The van der Waals surface area contributed by atoms with Crippen LogP contribution in [0.25, 0.3) is 0 Å². The molecule has 0 radical (unpaired) electrons. The molecule has 0 bridgehead atoms. The van der Waals surface area contributed by atoms with Crippen LogP contribution in [-0.4, -0.2) is 30.1 Å². The van der Waals surface area contributed by atoms with Crippen LogP contribution >= 0.6 is 11.3 Å². The van der Waals surface area contributed by atoms with Crippen molar-refractivity contribution in [3.05, 3.63) is 39.8 Å². The van der Waals surface area contributed by atoms with Crippen molar-refractivity contribution in [2.24, 2.45) is 11.8 Å². The third-order valence-corrected chi connectivity index (χ3v) is 6.32. The maximum atomic E-state index is 5.95. The SMILES string of the molecule is COc1ccc(OCc2csc(C)n2)cc1CN1C[C@H]2CCC[C@H]2C1. The minimum absolute atomic E-state index is 0.518. The van der Waals surface area contributed by atoms with E-state index in [0.717, 1.165) is 40.6 Å². The van der Waals surface area contributed by atoms with E-state index in [0.29, 0.717) is 6.61 Å². The Labute approximate surface area is 153 Å². The molecule has 2 atom stereocenters. The highest BCUT2D eigenvalue weighted by Gasteiger charge is 2.36. The zero-order valence-electron chi connectivity index (χ0n) is 15.0. The Kier molecular flexibility index (Phi) is 4.95. The summed E-state index contributed by atoms with van der Waals surface area (Å²) < 4.78 is 11.5. The summed E-state index contributed by atoms with van der Waals surface area (Å²) in [6, 6.07) is 6.14. The zero-order chi connectivity index (χ0) is 17.2. The van der Waals surface area contributed by atoms with E-state index in [1.54, 1.807) is 18.4 Å². The van der Waals surface area contributed by atoms with Crippen LogP contribution in [0.5, 0.6) is 11.5 Å². The summed E-state index contributed by atoms with van der Waals surface area (Å²) in [4.78, 5) is 7.04. The fourth-order valence-electron chi connectivity index (χ4n) is 4.30. The van der Waals surface area contributed by atoms with Crippen LogP contribution in [0.4, 0.5) is 0 Å². The van der Waals surface area contributed by atoms with Crippen molar-refractivity contribution in [1.29, 1.82) is 0 Å².